The Bertz CT molecular complexity index is 686. The van der Waals surface area contributed by atoms with E-state index >= 15 is 0 Å². The largest absolute Gasteiger partial charge is 0.396 e. The second kappa shape index (κ2) is 4.69. The molecule has 2 aromatic rings. The summed E-state index contributed by atoms with van der Waals surface area (Å²) >= 11 is 0. The van der Waals surface area contributed by atoms with Gasteiger partial charge in [-0.2, -0.15) is 0 Å². The Labute approximate surface area is 107 Å². The van der Waals surface area contributed by atoms with Crippen molar-refractivity contribution in [2.75, 3.05) is 5.73 Å². The van der Waals surface area contributed by atoms with Crippen molar-refractivity contribution in [3.05, 3.63) is 52.9 Å². The van der Waals surface area contributed by atoms with Gasteiger partial charge in [-0.25, -0.2) is 30.7 Å². The summed E-state index contributed by atoms with van der Waals surface area (Å²) in [7, 11) is 0. The molecule has 0 aliphatic heterocycles. The summed E-state index contributed by atoms with van der Waals surface area (Å²) in [6.45, 7) is 0. The van der Waals surface area contributed by atoms with E-state index in [9.17, 15) is 30.7 Å². The molecule has 0 heterocycles. The van der Waals surface area contributed by atoms with E-state index in [0.717, 1.165) is 0 Å². The lowest BCUT2D eigenvalue weighted by Gasteiger charge is -2.11. The van der Waals surface area contributed by atoms with Crippen LogP contribution in [-0.4, -0.2) is 0 Å². The van der Waals surface area contributed by atoms with E-state index in [1.807, 2.05) is 0 Å². The molecule has 0 spiro atoms. The van der Waals surface area contributed by atoms with Crippen LogP contribution in [0.2, 0.25) is 0 Å². The van der Waals surface area contributed by atoms with Crippen LogP contribution in [0.3, 0.4) is 0 Å². The molecule has 2 N–H and O–H groups in total. The minimum atomic E-state index is -2.05. The molecule has 2 rings (SSSR count). The van der Waals surface area contributed by atoms with Crippen LogP contribution in [0.5, 0.6) is 0 Å². The minimum Gasteiger partial charge on any atom is -0.396 e. The first-order valence-electron chi connectivity index (χ1n) is 5.02. The number of benzene rings is 2. The van der Waals surface area contributed by atoms with Crippen LogP contribution in [0.4, 0.5) is 36.4 Å². The topological polar surface area (TPSA) is 26.0 Å². The molecule has 2 aromatic carbocycles. The van der Waals surface area contributed by atoms with Crippen LogP contribution in [0.25, 0.3) is 11.1 Å². The highest BCUT2D eigenvalue weighted by Gasteiger charge is 2.28. The molecule has 0 aliphatic carbocycles. The third-order valence-electron chi connectivity index (χ3n) is 2.55. The fourth-order valence-electron chi connectivity index (χ4n) is 1.64. The maximum absolute atomic E-state index is 13.6. The van der Waals surface area contributed by atoms with Gasteiger partial charge < -0.3 is 5.73 Å². The summed E-state index contributed by atoms with van der Waals surface area (Å²) in [5.74, 6) is -13.4. The molecule has 0 bridgehead atoms. The van der Waals surface area contributed by atoms with Crippen molar-refractivity contribution >= 4 is 5.69 Å². The van der Waals surface area contributed by atoms with Gasteiger partial charge in [0.2, 0.25) is 0 Å². The smallest absolute Gasteiger partial charge is 0.182 e. The lowest BCUT2D eigenvalue weighted by Crippen LogP contribution is -2.05. The second-order valence-electron chi connectivity index (χ2n) is 3.79. The zero-order chi connectivity index (χ0) is 15.2. The van der Waals surface area contributed by atoms with Gasteiger partial charge in [0, 0.05) is 12.1 Å². The Morgan fingerprint density at radius 1 is 0.550 bits per heavy atom. The van der Waals surface area contributed by atoms with Crippen LogP contribution in [-0.2, 0) is 0 Å². The van der Waals surface area contributed by atoms with Gasteiger partial charge in [-0.1, -0.05) is 0 Å². The highest BCUT2D eigenvalue weighted by molar-refractivity contribution is 5.69. The van der Waals surface area contributed by atoms with Gasteiger partial charge in [0.05, 0.1) is 16.8 Å². The normalized spacial score (nSPS) is 10.9. The molecule has 0 aromatic heterocycles. The second-order valence-corrected chi connectivity index (χ2v) is 3.79. The van der Waals surface area contributed by atoms with Gasteiger partial charge >= 0.3 is 0 Å². The number of hydrogen-bond acceptors (Lipinski definition) is 1. The highest BCUT2D eigenvalue weighted by Crippen LogP contribution is 2.35. The fraction of sp³-hybridized carbons (Fsp3) is 0. The summed E-state index contributed by atoms with van der Waals surface area (Å²) in [5.41, 5.74) is 0.694. The predicted octanol–water partition coefficient (Wildman–Crippen LogP) is 3.91. The monoisotopic (exact) mass is 295 g/mol. The number of anilines is 1. The number of nitrogen functional groups attached to an aromatic ring is 1. The fourth-order valence-corrected chi connectivity index (χ4v) is 1.64. The van der Waals surface area contributed by atoms with E-state index in [1.54, 1.807) is 0 Å². The first kappa shape index (κ1) is 14.2. The molecule has 106 valence electrons. The zero-order valence-corrected chi connectivity index (χ0v) is 9.38. The molecular formula is C12H4F7N. The van der Waals surface area contributed by atoms with E-state index in [-0.39, 0.29) is 12.1 Å². The van der Waals surface area contributed by atoms with Gasteiger partial charge in [0.25, 0.3) is 0 Å². The summed E-state index contributed by atoms with van der Waals surface area (Å²) in [5, 5.41) is 0. The molecule has 1 nitrogen and oxygen atoms in total. The predicted molar refractivity (Wildman–Crippen MR) is 56.0 cm³/mol. The van der Waals surface area contributed by atoms with Gasteiger partial charge in [0.15, 0.2) is 34.9 Å². The van der Waals surface area contributed by atoms with Gasteiger partial charge in [-0.05, 0) is 0 Å². The highest BCUT2D eigenvalue weighted by atomic mass is 19.2. The summed E-state index contributed by atoms with van der Waals surface area (Å²) in [6.07, 6.45) is 0. The number of nitrogens with two attached hydrogens (primary N) is 1. The summed E-state index contributed by atoms with van der Waals surface area (Å²) < 4.78 is 93.2. The maximum Gasteiger partial charge on any atom is 0.182 e. The Morgan fingerprint density at radius 3 is 1.55 bits per heavy atom. The van der Waals surface area contributed by atoms with Crippen molar-refractivity contribution in [1.82, 2.24) is 0 Å². The standard InChI is InChI=1S/C12H4F7N/c13-3-2-6(20)11(18)12(19)7(3)8-9(16)4(14)1-5(15)10(8)17/h1-2H,20H2. The van der Waals surface area contributed by atoms with Crippen LogP contribution in [0, 0.1) is 40.7 Å². The van der Waals surface area contributed by atoms with Crippen molar-refractivity contribution < 1.29 is 30.7 Å². The van der Waals surface area contributed by atoms with Crippen LogP contribution in [0.1, 0.15) is 0 Å². The van der Waals surface area contributed by atoms with E-state index in [0.29, 0.717) is 0 Å². The molecule has 0 atom stereocenters. The third kappa shape index (κ3) is 1.97. The number of rotatable bonds is 1. The summed E-state index contributed by atoms with van der Waals surface area (Å²) in [4.78, 5) is 0. The molecular weight excluding hydrogens is 291 g/mol. The Morgan fingerprint density at radius 2 is 1.05 bits per heavy atom. The minimum absolute atomic E-state index is 0.141. The SMILES string of the molecule is Nc1cc(F)c(-c2c(F)c(F)cc(F)c2F)c(F)c1F. The Balaban J connectivity index is 2.93. The molecule has 0 fully saturated rings. The molecule has 0 radical (unpaired) electrons. The molecule has 0 saturated carbocycles. The first-order chi connectivity index (χ1) is 9.25. The average molecular weight is 295 g/mol. The van der Waals surface area contributed by atoms with E-state index in [4.69, 9.17) is 5.73 Å². The molecule has 0 unspecified atom stereocenters. The van der Waals surface area contributed by atoms with Crippen molar-refractivity contribution in [2.45, 2.75) is 0 Å². The van der Waals surface area contributed by atoms with Crippen LogP contribution < -0.4 is 5.73 Å². The van der Waals surface area contributed by atoms with Crippen LogP contribution in [0.15, 0.2) is 12.1 Å². The van der Waals surface area contributed by atoms with Crippen molar-refractivity contribution in [3.63, 3.8) is 0 Å². The lowest BCUT2D eigenvalue weighted by molar-refractivity contribution is 0.453. The number of halogens is 7. The molecule has 0 amide bonds. The molecule has 20 heavy (non-hydrogen) atoms. The third-order valence-corrected chi connectivity index (χ3v) is 2.55. The number of hydrogen-bond donors (Lipinski definition) is 1. The quantitative estimate of drug-likeness (QED) is 0.482. The van der Waals surface area contributed by atoms with Gasteiger partial charge in [-0.15, -0.1) is 0 Å². The molecule has 0 aliphatic rings. The Hall–Kier alpha value is -2.25. The summed E-state index contributed by atoms with van der Waals surface area (Å²) in [6, 6.07) is 0.104. The first-order valence-corrected chi connectivity index (χ1v) is 5.02. The Kier molecular flexibility index (Phi) is 3.33. The van der Waals surface area contributed by atoms with Crippen molar-refractivity contribution in [2.24, 2.45) is 0 Å². The van der Waals surface area contributed by atoms with Gasteiger partial charge in [-0.3, -0.25) is 0 Å². The average Bonchev–Trinajstić information content (AvgIpc) is 2.38. The molecule has 8 heteroatoms. The lowest BCUT2D eigenvalue weighted by atomic mass is 10.0. The molecule has 0 saturated heterocycles. The van der Waals surface area contributed by atoms with Gasteiger partial charge in [0.1, 0.15) is 5.82 Å². The van der Waals surface area contributed by atoms with E-state index in [1.165, 1.54) is 0 Å². The maximum atomic E-state index is 13.6. The van der Waals surface area contributed by atoms with Crippen molar-refractivity contribution in [1.29, 1.82) is 0 Å². The van der Waals surface area contributed by atoms with Crippen LogP contribution >= 0.6 is 0 Å². The van der Waals surface area contributed by atoms with E-state index < -0.39 is 57.5 Å². The van der Waals surface area contributed by atoms with Crippen molar-refractivity contribution in [3.8, 4) is 11.1 Å². The van der Waals surface area contributed by atoms with E-state index in [2.05, 4.69) is 0 Å². The zero-order valence-electron chi connectivity index (χ0n) is 9.38.